The average Bonchev–Trinajstić information content (AvgIpc) is 2.93. The van der Waals surface area contributed by atoms with E-state index >= 15 is 0 Å². The van der Waals surface area contributed by atoms with Crippen LogP contribution in [-0.2, 0) is 6.54 Å². The van der Waals surface area contributed by atoms with Gasteiger partial charge in [-0.3, -0.25) is 0 Å². The minimum absolute atomic E-state index is 0.153. The Hall–Kier alpha value is -1.57. The number of benzene rings is 1. The molecule has 0 amide bonds. The van der Waals surface area contributed by atoms with Crippen LogP contribution in [0.25, 0.3) is 11.2 Å². The summed E-state index contributed by atoms with van der Waals surface area (Å²) in [5.74, 6) is 1.52. The number of nitrogens with one attached hydrogen (secondary N) is 1. The van der Waals surface area contributed by atoms with Crippen LogP contribution in [0, 0.1) is 5.92 Å². The third-order valence-corrected chi connectivity index (χ3v) is 4.89. The van der Waals surface area contributed by atoms with Gasteiger partial charge in [-0.15, -0.1) is 0 Å². The molecule has 0 spiro atoms. The number of halogens is 3. The molecule has 0 atom stereocenters. The molecule has 0 aliphatic heterocycles. The predicted molar refractivity (Wildman–Crippen MR) is 104 cm³/mol. The van der Waals surface area contributed by atoms with Gasteiger partial charge in [-0.2, -0.15) is 9.97 Å². The first-order valence-corrected chi connectivity index (χ1v) is 9.12. The van der Waals surface area contributed by atoms with Gasteiger partial charge in [-0.25, -0.2) is 4.98 Å². The van der Waals surface area contributed by atoms with E-state index in [0.717, 1.165) is 12.2 Å². The topological polar surface area (TPSA) is 64.9 Å². The second-order valence-electron chi connectivity index (χ2n) is 5.90. The summed E-state index contributed by atoms with van der Waals surface area (Å²) < 4.78 is 7.96. The first-order valence-electron chi connectivity index (χ1n) is 7.57. The number of methoxy groups -OCH3 is 1. The zero-order valence-corrected chi connectivity index (χ0v) is 16.9. The molecule has 25 heavy (non-hydrogen) atoms. The van der Waals surface area contributed by atoms with E-state index in [-0.39, 0.29) is 5.28 Å². The van der Waals surface area contributed by atoms with Crippen molar-refractivity contribution in [1.82, 2.24) is 19.5 Å². The van der Waals surface area contributed by atoms with Gasteiger partial charge in [0.05, 0.1) is 18.5 Å². The summed E-state index contributed by atoms with van der Waals surface area (Å²) in [5, 5.41) is 3.87. The van der Waals surface area contributed by atoms with Crippen LogP contribution in [0.2, 0.25) is 10.3 Å². The monoisotopic (exact) mass is 443 g/mol. The molecule has 0 fully saturated rings. The Bertz CT molecular complexity index is 929. The van der Waals surface area contributed by atoms with Crippen molar-refractivity contribution < 1.29 is 4.74 Å². The fourth-order valence-corrected chi connectivity index (χ4v) is 3.25. The summed E-state index contributed by atoms with van der Waals surface area (Å²) in [6.07, 6.45) is 1.75. The van der Waals surface area contributed by atoms with E-state index < -0.39 is 0 Å². The summed E-state index contributed by atoms with van der Waals surface area (Å²) in [5.41, 5.74) is 2.08. The molecular weight excluding hydrogens is 429 g/mol. The standard InChI is InChI=1S/C16H16BrCl2N5O/c1-8(2)6-24-7-20-13-14(22-16(19)23-15(13)24)21-9-4-10(17)12(18)11(5-9)25-3/h4-5,7-8H,6H2,1-3H3,(H,21,22,23). The molecule has 2 heterocycles. The van der Waals surface area contributed by atoms with Crippen LogP contribution >= 0.6 is 39.1 Å². The summed E-state index contributed by atoms with van der Waals surface area (Å²) >= 11 is 15.7. The average molecular weight is 445 g/mol. The number of anilines is 2. The van der Waals surface area contributed by atoms with Gasteiger partial charge in [-0.1, -0.05) is 25.4 Å². The van der Waals surface area contributed by atoms with Crippen LogP contribution in [-0.4, -0.2) is 26.6 Å². The first-order chi connectivity index (χ1) is 11.9. The van der Waals surface area contributed by atoms with E-state index in [1.165, 1.54) is 0 Å². The fraction of sp³-hybridized carbons (Fsp3) is 0.312. The van der Waals surface area contributed by atoms with Gasteiger partial charge < -0.3 is 14.6 Å². The van der Waals surface area contributed by atoms with Crippen LogP contribution in [0.4, 0.5) is 11.5 Å². The van der Waals surface area contributed by atoms with Gasteiger partial charge in [-0.05, 0) is 39.5 Å². The highest BCUT2D eigenvalue weighted by atomic mass is 79.9. The maximum Gasteiger partial charge on any atom is 0.226 e. The van der Waals surface area contributed by atoms with E-state index in [1.54, 1.807) is 19.5 Å². The predicted octanol–water partition coefficient (Wildman–Crippen LogP) is 5.30. The van der Waals surface area contributed by atoms with Crippen molar-refractivity contribution in [2.24, 2.45) is 5.92 Å². The highest BCUT2D eigenvalue weighted by Crippen LogP contribution is 2.36. The summed E-state index contributed by atoms with van der Waals surface area (Å²) in [4.78, 5) is 13.0. The molecule has 0 unspecified atom stereocenters. The summed E-state index contributed by atoms with van der Waals surface area (Å²) in [6, 6.07) is 3.61. The largest absolute Gasteiger partial charge is 0.495 e. The Morgan fingerprint density at radius 1 is 1.28 bits per heavy atom. The maximum absolute atomic E-state index is 6.18. The number of ether oxygens (including phenoxy) is 1. The van der Waals surface area contributed by atoms with Gasteiger partial charge in [0.15, 0.2) is 17.0 Å². The second kappa shape index (κ2) is 7.35. The van der Waals surface area contributed by atoms with Crippen LogP contribution < -0.4 is 10.1 Å². The molecule has 0 aliphatic carbocycles. The van der Waals surface area contributed by atoms with Gasteiger partial charge in [0.2, 0.25) is 5.28 Å². The lowest BCUT2D eigenvalue weighted by molar-refractivity contribution is 0.415. The van der Waals surface area contributed by atoms with Crippen molar-refractivity contribution in [3.8, 4) is 5.75 Å². The smallest absolute Gasteiger partial charge is 0.226 e. The van der Waals surface area contributed by atoms with Crippen LogP contribution in [0.1, 0.15) is 13.8 Å². The van der Waals surface area contributed by atoms with Gasteiger partial charge >= 0.3 is 0 Å². The first kappa shape index (κ1) is 18.2. The highest BCUT2D eigenvalue weighted by Gasteiger charge is 2.15. The SMILES string of the molecule is COc1cc(Nc2nc(Cl)nc3c2ncn3CC(C)C)cc(Br)c1Cl. The number of hydrogen-bond donors (Lipinski definition) is 1. The molecule has 0 radical (unpaired) electrons. The molecule has 0 saturated heterocycles. The number of fused-ring (bicyclic) bond motifs is 1. The Morgan fingerprint density at radius 3 is 2.72 bits per heavy atom. The molecule has 3 aromatic rings. The third-order valence-electron chi connectivity index (χ3n) is 3.48. The van der Waals surface area contributed by atoms with Crippen LogP contribution in [0.15, 0.2) is 22.9 Å². The van der Waals surface area contributed by atoms with Crippen molar-refractivity contribution in [2.75, 3.05) is 12.4 Å². The third kappa shape index (κ3) is 3.83. The van der Waals surface area contributed by atoms with E-state index in [0.29, 0.717) is 38.1 Å². The Kier molecular flexibility index (Phi) is 5.36. The lowest BCUT2D eigenvalue weighted by atomic mass is 10.2. The quantitative estimate of drug-likeness (QED) is 0.540. The molecule has 0 bridgehead atoms. The zero-order chi connectivity index (χ0) is 18.1. The van der Waals surface area contributed by atoms with E-state index in [9.17, 15) is 0 Å². The zero-order valence-electron chi connectivity index (χ0n) is 13.8. The normalized spacial score (nSPS) is 11.3. The Balaban J connectivity index is 2.05. The molecule has 6 nitrogen and oxygen atoms in total. The summed E-state index contributed by atoms with van der Waals surface area (Å²) in [7, 11) is 1.56. The lowest BCUT2D eigenvalue weighted by Gasteiger charge is -2.11. The van der Waals surface area contributed by atoms with Crippen molar-refractivity contribution in [1.29, 1.82) is 0 Å². The molecule has 0 saturated carbocycles. The Morgan fingerprint density at radius 2 is 2.04 bits per heavy atom. The highest BCUT2D eigenvalue weighted by molar-refractivity contribution is 9.10. The van der Waals surface area contributed by atoms with Crippen molar-refractivity contribution in [2.45, 2.75) is 20.4 Å². The molecule has 3 rings (SSSR count). The molecule has 1 N–H and O–H groups in total. The number of aromatic nitrogens is 4. The molecule has 9 heteroatoms. The Labute approximate surface area is 163 Å². The second-order valence-corrected chi connectivity index (χ2v) is 7.47. The molecule has 2 aromatic heterocycles. The van der Waals surface area contributed by atoms with E-state index in [4.69, 9.17) is 27.9 Å². The lowest BCUT2D eigenvalue weighted by Crippen LogP contribution is -2.05. The minimum Gasteiger partial charge on any atom is -0.495 e. The molecule has 1 aromatic carbocycles. The fourth-order valence-electron chi connectivity index (χ4n) is 2.45. The van der Waals surface area contributed by atoms with Crippen LogP contribution in [0.5, 0.6) is 5.75 Å². The number of hydrogen-bond acceptors (Lipinski definition) is 5. The van der Waals surface area contributed by atoms with Crippen molar-refractivity contribution >= 4 is 61.8 Å². The number of imidazole rings is 1. The van der Waals surface area contributed by atoms with Gasteiger partial charge in [0.1, 0.15) is 5.75 Å². The molecule has 132 valence electrons. The van der Waals surface area contributed by atoms with Crippen molar-refractivity contribution in [3.05, 3.63) is 33.2 Å². The van der Waals surface area contributed by atoms with Crippen LogP contribution in [0.3, 0.4) is 0 Å². The summed E-state index contributed by atoms with van der Waals surface area (Å²) in [6.45, 7) is 5.06. The van der Waals surface area contributed by atoms with E-state index in [2.05, 4.69) is 50.0 Å². The molecular formula is C16H16BrCl2N5O. The molecule has 0 aliphatic rings. The van der Waals surface area contributed by atoms with Crippen molar-refractivity contribution in [3.63, 3.8) is 0 Å². The number of nitrogens with zero attached hydrogens (tertiary/aromatic N) is 4. The maximum atomic E-state index is 6.18. The minimum atomic E-state index is 0.153. The van der Waals surface area contributed by atoms with Gasteiger partial charge in [0, 0.05) is 22.8 Å². The number of rotatable bonds is 5. The van der Waals surface area contributed by atoms with Gasteiger partial charge in [0.25, 0.3) is 0 Å². The van der Waals surface area contributed by atoms with E-state index in [1.807, 2.05) is 10.6 Å².